The number of rotatable bonds is 4. The van der Waals surface area contributed by atoms with Crippen LogP contribution in [-0.4, -0.2) is 6.04 Å². The van der Waals surface area contributed by atoms with Crippen LogP contribution in [0.2, 0.25) is 0 Å². The van der Waals surface area contributed by atoms with Crippen LogP contribution in [-0.2, 0) is 0 Å². The first-order chi connectivity index (χ1) is 5.18. The summed E-state index contributed by atoms with van der Waals surface area (Å²) in [6.45, 7) is 6.88. The topological polar surface area (TPSA) is 26.0 Å². The molecule has 1 nitrogen and oxygen atoms in total. The number of nitrogens with two attached hydrogens (primary N) is 1. The summed E-state index contributed by atoms with van der Waals surface area (Å²) >= 11 is 0. The average Bonchev–Trinajstić information content (AvgIpc) is 2.56. The van der Waals surface area contributed by atoms with Crippen molar-refractivity contribution < 1.29 is 0 Å². The lowest BCUT2D eigenvalue weighted by Gasteiger charge is -2.08. The lowest BCUT2D eigenvalue weighted by atomic mass is 9.98. The molecule has 0 spiro atoms. The van der Waals surface area contributed by atoms with Gasteiger partial charge in [0.2, 0.25) is 0 Å². The van der Waals surface area contributed by atoms with E-state index >= 15 is 0 Å². The minimum Gasteiger partial charge on any atom is -0.327 e. The molecule has 0 aromatic heterocycles. The zero-order valence-corrected chi connectivity index (χ0v) is 8.01. The summed E-state index contributed by atoms with van der Waals surface area (Å²) in [4.78, 5) is 0. The molecule has 2 N–H and O–H groups in total. The van der Waals surface area contributed by atoms with E-state index in [0.717, 1.165) is 17.8 Å². The van der Waals surface area contributed by atoms with Crippen LogP contribution < -0.4 is 5.73 Å². The Morgan fingerprint density at radius 2 is 2.00 bits per heavy atom. The Morgan fingerprint density at radius 1 is 1.45 bits per heavy atom. The van der Waals surface area contributed by atoms with Gasteiger partial charge in [0.15, 0.2) is 0 Å². The van der Waals surface area contributed by atoms with Crippen molar-refractivity contribution >= 4 is 0 Å². The largest absolute Gasteiger partial charge is 0.327 e. The van der Waals surface area contributed by atoms with Crippen molar-refractivity contribution in [3.63, 3.8) is 0 Å². The van der Waals surface area contributed by atoms with Crippen LogP contribution >= 0.6 is 0 Å². The van der Waals surface area contributed by atoms with Gasteiger partial charge in [-0.3, -0.25) is 0 Å². The summed E-state index contributed by atoms with van der Waals surface area (Å²) in [6, 6.07) is 0.516. The van der Waals surface area contributed by atoms with Crippen molar-refractivity contribution in [1.29, 1.82) is 0 Å². The molecule has 0 saturated heterocycles. The molecule has 11 heavy (non-hydrogen) atoms. The second-order valence-electron chi connectivity index (χ2n) is 4.13. The molecule has 4 atom stereocenters. The van der Waals surface area contributed by atoms with E-state index < -0.39 is 0 Å². The molecule has 0 amide bonds. The summed E-state index contributed by atoms with van der Waals surface area (Å²) < 4.78 is 0. The maximum Gasteiger partial charge on any atom is 0.0102 e. The highest BCUT2D eigenvalue weighted by Gasteiger charge is 2.46. The Kier molecular flexibility index (Phi) is 2.94. The molecular formula is C10H21N. The van der Waals surface area contributed by atoms with Gasteiger partial charge in [-0.1, -0.05) is 40.0 Å². The van der Waals surface area contributed by atoms with Crippen LogP contribution in [0.4, 0.5) is 0 Å². The lowest BCUT2D eigenvalue weighted by molar-refractivity contribution is 0.427. The summed E-state index contributed by atoms with van der Waals surface area (Å²) in [5.74, 6) is 2.49. The van der Waals surface area contributed by atoms with Crippen molar-refractivity contribution in [1.82, 2.24) is 0 Å². The molecule has 1 saturated carbocycles. The summed E-state index contributed by atoms with van der Waals surface area (Å²) in [5.41, 5.74) is 5.88. The van der Waals surface area contributed by atoms with Crippen molar-refractivity contribution in [3.05, 3.63) is 0 Å². The van der Waals surface area contributed by atoms with Crippen LogP contribution in [0, 0.1) is 17.8 Å². The maximum atomic E-state index is 5.88. The van der Waals surface area contributed by atoms with Crippen molar-refractivity contribution in [2.45, 2.75) is 46.1 Å². The molecule has 1 heteroatoms. The molecule has 0 aliphatic heterocycles. The fourth-order valence-corrected chi connectivity index (χ4v) is 2.14. The van der Waals surface area contributed by atoms with Gasteiger partial charge in [0, 0.05) is 6.04 Å². The van der Waals surface area contributed by atoms with Crippen LogP contribution in [0.25, 0.3) is 0 Å². The van der Waals surface area contributed by atoms with Gasteiger partial charge in [-0.25, -0.2) is 0 Å². The van der Waals surface area contributed by atoms with E-state index in [0.29, 0.717) is 6.04 Å². The van der Waals surface area contributed by atoms with Gasteiger partial charge in [0.25, 0.3) is 0 Å². The van der Waals surface area contributed by atoms with Gasteiger partial charge in [-0.2, -0.15) is 0 Å². The Morgan fingerprint density at radius 3 is 2.36 bits per heavy atom. The highest BCUT2D eigenvalue weighted by atomic mass is 14.8. The molecule has 0 heterocycles. The third-order valence-electron chi connectivity index (χ3n) is 3.19. The second-order valence-corrected chi connectivity index (χ2v) is 4.13. The van der Waals surface area contributed by atoms with Gasteiger partial charge in [0.05, 0.1) is 0 Å². The standard InChI is InChI=1S/C10H21N/c1-4-5-6-7(2)9-8(3)10(9)11/h7-10H,4-6,11H2,1-3H3. The molecule has 1 aliphatic carbocycles. The van der Waals surface area contributed by atoms with Crippen LogP contribution in [0.5, 0.6) is 0 Å². The monoisotopic (exact) mass is 155 g/mol. The second kappa shape index (κ2) is 3.57. The quantitative estimate of drug-likeness (QED) is 0.663. The molecule has 1 fully saturated rings. The molecule has 0 bridgehead atoms. The smallest absolute Gasteiger partial charge is 0.0102 e. The number of hydrogen-bond acceptors (Lipinski definition) is 1. The zero-order chi connectivity index (χ0) is 8.43. The Balaban J connectivity index is 2.16. The molecule has 1 aliphatic rings. The third-order valence-corrected chi connectivity index (χ3v) is 3.19. The van der Waals surface area contributed by atoms with Crippen LogP contribution in [0.1, 0.15) is 40.0 Å². The first kappa shape index (κ1) is 9.05. The first-order valence-electron chi connectivity index (χ1n) is 4.94. The van der Waals surface area contributed by atoms with Crippen LogP contribution in [0.15, 0.2) is 0 Å². The van der Waals surface area contributed by atoms with Crippen molar-refractivity contribution in [3.8, 4) is 0 Å². The predicted molar refractivity (Wildman–Crippen MR) is 49.3 cm³/mol. The molecule has 4 unspecified atom stereocenters. The molecule has 66 valence electrons. The third kappa shape index (κ3) is 1.96. The molecular weight excluding hydrogens is 134 g/mol. The van der Waals surface area contributed by atoms with Gasteiger partial charge in [-0.15, -0.1) is 0 Å². The Bertz CT molecular complexity index is 114. The normalized spacial score (nSPS) is 38.7. The van der Waals surface area contributed by atoms with Gasteiger partial charge in [0.1, 0.15) is 0 Å². The summed E-state index contributed by atoms with van der Waals surface area (Å²) in [5, 5.41) is 0. The Hall–Kier alpha value is -0.0400. The van der Waals surface area contributed by atoms with Crippen LogP contribution in [0.3, 0.4) is 0 Å². The van der Waals surface area contributed by atoms with E-state index in [2.05, 4.69) is 20.8 Å². The Labute approximate surface area is 70.4 Å². The molecule has 0 radical (unpaired) electrons. The summed E-state index contributed by atoms with van der Waals surface area (Å²) in [6.07, 6.45) is 4.07. The maximum absolute atomic E-state index is 5.88. The fraction of sp³-hybridized carbons (Fsp3) is 1.00. The van der Waals surface area contributed by atoms with E-state index in [1.807, 2.05) is 0 Å². The van der Waals surface area contributed by atoms with Gasteiger partial charge < -0.3 is 5.73 Å². The molecule has 0 aromatic carbocycles. The molecule has 1 rings (SSSR count). The first-order valence-corrected chi connectivity index (χ1v) is 4.94. The fourth-order valence-electron chi connectivity index (χ4n) is 2.14. The minimum atomic E-state index is 0.516. The van der Waals surface area contributed by atoms with E-state index in [-0.39, 0.29) is 0 Å². The SMILES string of the molecule is CCCCC(C)C1C(C)C1N. The van der Waals surface area contributed by atoms with Crippen molar-refractivity contribution in [2.75, 3.05) is 0 Å². The minimum absolute atomic E-state index is 0.516. The molecule has 0 aromatic rings. The highest BCUT2D eigenvalue weighted by Crippen LogP contribution is 2.44. The average molecular weight is 155 g/mol. The summed E-state index contributed by atoms with van der Waals surface area (Å²) in [7, 11) is 0. The number of hydrogen-bond donors (Lipinski definition) is 1. The predicted octanol–water partition coefficient (Wildman–Crippen LogP) is 2.41. The van der Waals surface area contributed by atoms with Gasteiger partial charge >= 0.3 is 0 Å². The van der Waals surface area contributed by atoms with Crippen molar-refractivity contribution in [2.24, 2.45) is 23.5 Å². The lowest BCUT2D eigenvalue weighted by Crippen LogP contribution is -2.08. The van der Waals surface area contributed by atoms with E-state index in [4.69, 9.17) is 5.73 Å². The zero-order valence-electron chi connectivity index (χ0n) is 8.01. The van der Waals surface area contributed by atoms with E-state index in [1.165, 1.54) is 19.3 Å². The highest BCUT2D eigenvalue weighted by molar-refractivity contribution is 5.00. The number of unbranched alkanes of at least 4 members (excludes halogenated alkanes) is 1. The van der Waals surface area contributed by atoms with E-state index in [9.17, 15) is 0 Å². The van der Waals surface area contributed by atoms with E-state index in [1.54, 1.807) is 0 Å². The van der Waals surface area contributed by atoms with Gasteiger partial charge in [-0.05, 0) is 17.8 Å².